The van der Waals surface area contributed by atoms with E-state index in [1.54, 1.807) is 0 Å². The number of hydrogen-bond donors (Lipinski definition) is 2. The first-order valence-electron chi connectivity index (χ1n) is 6.07. The molecule has 0 bridgehead atoms. The van der Waals surface area contributed by atoms with Crippen LogP contribution in [0.1, 0.15) is 30.1 Å². The smallest absolute Gasteiger partial charge is 0.253 e. The van der Waals surface area contributed by atoms with Gasteiger partial charge in [0.05, 0.1) is 10.6 Å². The Bertz CT molecular complexity index is 456. The molecule has 2 N–H and O–H groups in total. The summed E-state index contributed by atoms with van der Waals surface area (Å²) in [7, 11) is 0. The number of halogens is 3. The number of amides is 1. The van der Waals surface area contributed by atoms with Crippen molar-refractivity contribution in [2.75, 3.05) is 6.54 Å². The van der Waals surface area contributed by atoms with Crippen LogP contribution < -0.4 is 10.6 Å². The van der Waals surface area contributed by atoms with E-state index in [1.807, 2.05) is 6.92 Å². The van der Waals surface area contributed by atoms with E-state index < -0.39 is 5.82 Å². The van der Waals surface area contributed by atoms with E-state index in [2.05, 4.69) is 10.6 Å². The fraction of sp³-hybridized carbons (Fsp3) is 0.462. The van der Waals surface area contributed by atoms with Gasteiger partial charge in [-0.25, -0.2) is 4.39 Å². The molecule has 2 unspecified atom stereocenters. The third-order valence-corrected chi connectivity index (χ3v) is 3.57. The van der Waals surface area contributed by atoms with Gasteiger partial charge in [-0.15, -0.1) is 12.4 Å². The maximum atomic E-state index is 12.9. The average Bonchev–Trinajstić information content (AvgIpc) is 2.32. The van der Waals surface area contributed by atoms with Gasteiger partial charge in [-0.3, -0.25) is 4.79 Å². The molecule has 1 amide bonds. The fourth-order valence-corrected chi connectivity index (χ4v) is 2.41. The molecule has 19 heavy (non-hydrogen) atoms. The molecular weight excluding hydrogens is 290 g/mol. The number of carbonyl (C=O) groups is 1. The first-order valence-corrected chi connectivity index (χ1v) is 6.45. The highest BCUT2D eigenvalue weighted by Crippen LogP contribution is 2.18. The van der Waals surface area contributed by atoms with Gasteiger partial charge in [-0.05, 0) is 44.5 Å². The van der Waals surface area contributed by atoms with E-state index in [9.17, 15) is 9.18 Å². The monoisotopic (exact) mass is 306 g/mol. The summed E-state index contributed by atoms with van der Waals surface area (Å²) >= 11 is 5.86. The molecule has 0 aromatic heterocycles. The summed E-state index contributed by atoms with van der Waals surface area (Å²) in [5.41, 5.74) is 0.316. The van der Waals surface area contributed by atoms with Gasteiger partial charge in [0, 0.05) is 12.1 Å². The van der Waals surface area contributed by atoms with Gasteiger partial charge < -0.3 is 10.6 Å². The lowest BCUT2D eigenvalue weighted by Gasteiger charge is -2.30. The third kappa shape index (κ3) is 4.06. The van der Waals surface area contributed by atoms with Crippen molar-refractivity contribution in [2.45, 2.75) is 31.8 Å². The lowest BCUT2D eigenvalue weighted by molar-refractivity contribution is 0.0920. The minimum atomic E-state index is -0.441. The van der Waals surface area contributed by atoms with Crippen LogP contribution in [0.3, 0.4) is 0 Å². The summed E-state index contributed by atoms with van der Waals surface area (Å²) < 4.78 is 12.9. The molecule has 1 aliphatic rings. The summed E-state index contributed by atoms with van der Waals surface area (Å²) in [5.74, 6) is -0.690. The Morgan fingerprint density at radius 3 is 2.89 bits per heavy atom. The summed E-state index contributed by atoms with van der Waals surface area (Å²) in [5, 5.41) is 6.38. The summed E-state index contributed by atoms with van der Waals surface area (Å²) in [4.78, 5) is 12.0. The van der Waals surface area contributed by atoms with E-state index >= 15 is 0 Å². The van der Waals surface area contributed by atoms with Gasteiger partial charge in [0.2, 0.25) is 0 Å². The lowest BCUT2D eigenvalue weighted by Crippen LogP contribution is -2.51. The Morgan fingerprint density at radius 2 is 2.26 bits per heavy atom. The highest BCUT2D eigenvalue weighted by molar-refractivity contribution is 6.33. The Kier molecular flexibility index (Phi) is 6.04. The predicted molar refractivity (Wildman–Crippen MR) is 76.6 cm³/mol. The molecule has 0 radical (unpaired) electrons. The molecule has 0 spiro atoms. The second-order valence-electron chi connectivity index (χ2n) is 4.59. The zero-order valence-electron chi connectivity index (χ0n) is 10.6. The van der Waals surface area contributed by atoms with Crippen LogP contribution in [0.4, 0.5) is 4.39 Å². The third-order valence-electron chi connectivity index (χ3n) is 3.25. The van der Waals surface area contributed by atoms with Gasteiger partial charge >= 0.3 is 0 Å². The van der Waals surface area contributed by atoms with Crippen LogP contribution in [0.15, 0.2) is 18.2 Å². The molecule has 0 aliphatic carbocycles. The van der Waals surface area contributed by atoms with Crippen LogP contribution in [0.25, 0.3) is 0 Å². The summed E-state index contributed by atoms with van der Waals surface area (Å²) in [6.07, 6.45) is 1.98. The largest absolute Gasteiger partial charge is 0.348 e. The van der Waals surface area contributed by atoms with Crippen LogP contribution in [-0.2, 0) is 0 Å². The van der Waals surface area contributed by atoms with Gasteiger partial charge in [0.15, 0.2) is 0 Å². The Balaban J connectivity index is 0.00000180. The van der Waals surface area contributed by atoms with Gasteiger partial charge in [-0.2, -0.15) is 0 Å². The van der Waals surface area contributed by atoms with Crippen molar-refractivity contribution in [1.82, 2.24) is 10.6 Å². The molecule has 2 rings (SSSR count). The Morgan fingerprint density at radius 1 is 1.53 bits per heavy atom. The first-order chi connectivity index (χ1) is 8.58. The predicted octanol–water partition coefficient (Wildman–Crippen LogP) is 2.77. The average molecular weight is 307 g/mol. The van der Waals surface area contributed by atoms with Crippen molar-refractivity contribution in [3.63, 3.8) is 0 Å². The van der Waals surface area contributed by atoms with E-state index in [4.69, 9.17) is 11.6 Å². The zero-order valence-corrected chi connectivity index (χ0v) is 12.2. The highest BCUT2D eigenvalue weighted by atomic mass is 35.5. The van der Waals surface area contributed by atoms with Crippen molar-refractivity contribution in [1.29, 1.82) is 0 Å². The van der Waals surface area contributed by atoms with Crippen LogP contribution in [0.2, 0.25) is 5.02 Å². The molecule has 1 aromatic rings. The minimum Gasteiger partial charge on any atom is -0.348 e. The number of nitrogens with one attached hydrogen (secondary N) is 2. The summed E-state index contributed by atoms with van der Waals surface area (Å²) in [6, 6.07) is 4.13. The van der Waals surface area contributed by atoms with Gasteiger partial charge in [0.25, 0.3) is 5.91 Å². The molecule has 1 heterocycles. The first kappa shape index (κ1) is 16.2. The van der Waals surface area contributed by atoms with Crippen LogP contribution in [0.5, 0.6) is 0 Å². The lowest BCUT2D eigenvalue weighted by atomic mass is 9.99. The molecule has 1 aliphatic heterocycles. The van der Waals surface area contributed by atoms with Crippen molar-refractivity contribution >= 4 is 29.9 Å². The number of benzene rings is 1. The van der Waals surface area contributed by atoms with E-state index in [1.165, 1.54) is 12.1 Å². The van der Waals surface area contributed by atoms with Crippen molar-refractivity contribution in [3.05, 3.63) is 34.6 Å². The topological polar surface area (TPSA) is 41.1 Å². The van der Waals surface area contributed by atoms with Crippen LogP contribution in [-0.4, -0.2) is 24.5 Å². The second kappa shape index (κ2) is 7.08. The van der Waals surface area contributed by atoms with Crippen molar-refractivity contribution in [3.8, 4) is 0 Å². The minimum absolute atomic E-state index is 0. The molecule has 6 heteroatoms. The molecule has 106 valence electrons. The Hall–Kier alpha value is -0.840. The zero-order chi connectivity index (χ0) is 13.1. The maximum absolute atomic E-state index is 12.9. The van der Waals surface area contributed by atoms with Crippen LogP contribution in [0, 0.1) is 5.82 Å². The fourth-order valence-electron chi connectivity index (χ4n) is 2.16. The SMILES string of the molecule is CC1NCCCC1NC(=O)c1ccc(F)cc1Cl.Cl. The van der Waals surface area contributed by atoms with Gasteiger partial charge in [-0.1, -0.05) is 11.6 Å². The number of rotatable bonds is 2. The quantitative estimate of drug-likeness (QED) is 0.882. The molecule has 1 fully saturated rings. The second-order valence-corrected chi connectivity index (χ2v) is 5.00. The molecule has 1 saturated heterocycles. The van der Waals surface area contributed by atoms with E-state index in [-0.39, 0.29) is 35.4 Å². The van der Waals surface area contributed by atoms with E-state index in [0.717, 1.165) is 25.5 Å². The molecule has 0 saturated carbocycles. The molecule has 3 nitrogen and oxygen atoms in total. The standard InChI is InChI=1S/C13H16ClFN2O.ClH/c1-8-12(3-2-6-16-8)17-13(18)10-5-4-9(15)7-11(10)14;/h4-5,7-8,12,16H,2-3,6H2,1H3,(H,17,18);1H. The van der Waals surface area contributed by atoms with E-state index in [0.29, 0.717) is 5.56 Å². The maximum Gasteiger partial charge on any atom is 0.253 e. The molecular formula is C13H17Cl2FN2O. The number of carbonyl (C=O) groups excluding carboxylic acids is 1. The normalized spacial score (nSPS) is 22.5. The van der Waals surface area contributed by atoms with Crippen LogP contribution >= 0.6 is 24.0 Å². The van der Waals surface area contributed by atoms with Crippen molar-refractivity contribution in [2.24, 2.45) is 0 Å². The Labute approximate surface area is 123 Å². The molecule has 2 atom stereocenters. The number of hydrogen-bond acceptors (Lipinski definition) is 2. The number of piperidine rings is 1. The highest BCUT2D eigenvalue weighted by Gasteiger charge is 2.23. The van der Waals surface area contributed by atoms with Gasteiger partial charge in [0.1, 0.15) is 5.82 Å². The van der Waals surface area contributed by atoms with Crippen molar-refractivity contribution < 1.29 is 9.18 Å². The summed E-state index contributed by atoms with van der Waals surface area (Å²) in [6.45, 7) is 3.02. The molecule has 1 aromatic carbocycles.